The zero-order chi connectivity index (χ0) is 28.2. The van der Waals surface area contributed by atoms with Crippen LogP contribution in [0.5, 0.6) is 5.88 Å². The number of hydrogen-bond donors (Lipinski definition) is 1. The number of likely N-dealkylation sites (tertiary alicyclic amines) is 2. The molecule has 3 amide bonds. The van der Waals surface area contributed by atoms with Gasteiger partial charge in [0.05, 0.1) is 35.6 Å². The summed E-state index contributed by atoms with van der Waals surface area (Å²) in [5.74, 6) is -1.05. The second-order valence-corrected chi connectivity index (χ2v) is 10.4. The molecule has 0 aliphatic carbocycles. The molecule has 6 rings (SSSR count). The fraction of sp³-hybridized carbons (Fsp3) is 0.444. The second kappa shape index (κ2) is 9.49. The Morgan fingerprint density at radius 1 is 1.15 bits per heavy atom. The van der Waals surface area contributed by atoms with Crippen LogP contribution in [-0.2, 0) is 15.0 Å². The number of rotatable bonds is 4. The molecule has 0 bridgehead atoms. The first-order valence-corrected chi connectivity index (χ1v) is 13.1. The van der Waals surface area contributed by atoms with Gasteiger partial charge in [-0.05, 0) is 49.9 Å². The van der Waals surface area contributed by atoms with Crippen LogP contribution in [0.1, 0.15) is 41.7 Å². The molecule has 1 N–H and O–H groups in total. The van der Waals surface area contributed by atoms with Crippen LogP contribution in [0.4, 0.5) is 18.9 Å². The van der Waals surface area contributed by atoms with Crippen LogP contribution in [0.3, 0.4) is 0 Å². The number of aromatic amines is 1. The highest BCUT2D eigenvalue weighted by molar-refractivity contribution is 6.10. The predicted molar refractivity (Wildman–Crippen MR) is 137 cm³/mol. The van der Waals surface area contributed by atoms with E-state index in [4.69, 9.17) is 4.74 Å². The highest BCUT2D eigenvalue weighted by atomic mass is 19.4. The van der Waals surface area contributed by atoms with E-state index in [2.05, 4.69) is 15.2 Å². The van der Waals surface area contributed by atoms with Gasteiger partial charge in [-0.2, -0.15) is 18.3 Å². The Balaban J connectivity index is 1.25. The average molecular weight is 557 g/mol. The minimum atomic E-state index is -4.53. The lowest BCUT2D eigenvalue weighted by atomic mass is 9.76. The van der Waals surface area contributed by atoms with E-state index in [1.807, 2.05) is 0 Å². The van der Waals surface area contributed by atoms with E-state index < -0.39 is 36.0 Å². The van der Waals surface area contributed by atoms with E-state index in [0.29, 0.717) is 16.9 Å². The van der Waals surface area contributed by atoms with Crippen molar-refractivity contribution in [2.45, 2.75) is 43.3 Å². The van der Waals surface area contributed by atoms with Gasteiger partial charge < -0.3 is 19.4 Å². The standard InChI is InChI=1S/C27H27F3N6O4/c1-40-21-7-6-19-23(32-21)26(25(39)36(19)15-22(37)35-10-2-3-20(35)27(28,29)30)8-11-34(12-9-26)24(38)16-4-5-18-17(13-16)14-31-33-18/h4-7,13-14,20H,2-3,8-12,15H2,1H3,(H,31,33)/t20-/m0/s1. The van der Waals surface area contributed by atoms with Crippen molar-refractivity contribution in [3.05, 3.63) is 47.8 Å². The summed E-state index contributed by atoms with van der Waals surface area (Å²) in [4.78, 5) is 48.7. The van der Waals surface area contributed by atoms with Gasteiger partial charge in [0.2, 0.25) is 17.7 Å². The molecule has 3 aliphatic rings. The minimum Gasteiger partial charge on any atom is -0.481 e. The van der Waals surface area contributed by atoms with Crippen molar-refractivity contribution in [1.29, 1.82) is 0 Å². The summed E-state index contributed by atoms with van der Waals surface area (Å²) in [5.41, 5.74) is 0.994. The molecule has 10 nitrogen and oxygen atoms in total. The quantitative estimate of drug-likeness (QED) is 0.529. The largest absolute Gasteiger partial charge is 0.481 e. The number of ether oxygens (including phenoxy) is 1. The van der Waals surface area contributed by atoms with Crippen LogP contribution in [-0.4, -0.2) is 88.2 Å². The SMILES string of the molecule is COc1ccc2c(n1)C1(CCN(C(=O)c3ccc4[nH]ncc4c3)CC1)C(=O)N2CC(=O)N1CCC[C@H]1C(F)(F)F. The molecule has 1 spiro atoms. The number of benzene rings is 1. The number of carbonyl (C=O) groups excluding carboxylic acids is 3. The van der Waals surface area contributed by atoms with Crippen molar-refractivity contribution < 1.29 is 32.3 Å². The molecule has 13 heteroatoms. The summed E-state index contributed by atoms with van der Waals surface area (Å²) >= 11 is 0. The van der Waals surface area contributed by atoms with Gasteiger partial charge in [0, 0.05) is 36.7 Å². The number of H-pyrrole nitrogens is 1. The molecule has 210 valence electrons. The number of hydrogen-bond acceptors (Lipinski definition) is 6. The van der Waals surface area contributed by atoms with Gasteiger partial charge in [-0.15, -0.1) is 0 Å². The molecule has 3 aromatic rings. The minimum absolute atomic E-state index is 0.00835. The number of nitrogens with one attached hydrogen (secondary N) is 1. The highest BCUT2D eigenvalue weighted by Crippen LogP contribution is 2.48. The topological polar surface area (TPSA) is 112 Å². The number of aromatic nitrogens is 3. The molecule has 3 aliphatic heterocycles. The Hall–Kier alpha value is -4.16. The monoisotopic (exact) mass is 556 g/mol. The first-order chi connectivity index (χ1) is 19.1. The van der Waals surface area contributed by atoms with E-state index >= 15 is 0 Å². The molecule has 2 saturated heterocycles. The Kier molecular flexibility index (Phi) is 6.19. The molecule has 0 radical (unpaired) electrons. The van der Waals surface area contributed by atoms with Gasteiger partial charge in [-0.25, -0.2) is 4.98 Å². The molecular formula is C27H27F3N6O4. The number of nitrogens with zero attached hydrogens (tertiary/aromatic N) is 5. The van der Waals surface area contributed by atoms with Crippen LogP contribution in [0.2, 0.25) is 0 Å². The van der Waals surface area contributed by atoms with Crippen molar-refractivity contribution in [3.63, 3.8) is 0 Å². The van der Waals surface area contributed by atoms with Gasteiger partial charge in [-0.1, -0.05) is 0 Å². The Labute approximate surface area is 227 Å². The fourth-order valence-electron chi connectivity index (χ4n) is 6.18. The summed E-state index contributed by atoms with van der Waals surface area (Å²) in [6.45, 7) is -0.000111. The Bertz CT molecular complexity index is 1500. The Morgan fingerprint density at radius 3 is 2.65 bits per heavy atom. The third-order valence-corrected chi connectivity index (χ3v) is 8.29. The molecule has 2 aromatic heterocycles. The van der Waals surface area contributed by atoms with E-state index in [1.54, 1.807) is 41.4 Å². The van der Waals surface area contributed by atoms with Crippen molar-refractivity contribution in [1.82, 2.24) is 25.0 Å². The number of pyridine rings is 1. The normalized spacial score (nSPS) is 20.4. The van der Waals surface area contributed by atoms with Gasteiger partial charge in [-0.3, -0.25) is 19.5 Å². The van der Waals surface area contributed by atoms with E-state index in [-0.39, 0.29) is 57.1 Å². The van der Waals surface area contributed by atoms with Gasteiger partial charge in [0.25, 0.3) is 5.91 Å². The zero-order valence-electron chi connectivity index (χ0n) is 21.7. The van der Waals surface area contributed by atoms with E-state index in [1.165, 1.54) is 12.0 Å². The summed E-state index contributed by atoms with van der Waals surface area (Å²) in [7, 11) is 1.45. The highest BCUT2D eigenvalue weighted by Gasteiger charge is 2.55. The van der Waals surface area contributed by atoms with Crippen molar-refractivity contribution >= 4 is 34.3 Å². The lowest BCUT2D eigenvalue weighted by Crippen LogP contribution is -2.53. The van der Waals surface area contributed by atoms with Gasteiger partial charge in [0.1, 0.15) is 12.6 Å². The molecular weight excluding hydrogens is 529 g/mol. The third kappa shape index (κ3) is 4.14. The number of carbonyl (C=O) groups is 3. The number of piperidine rings is 1. The second-order valence-electron chi connectivity index (χ2n) is 10.4. The summed E-state index contributed by atoms with van der Waals surface area (Å²) < 4.78 is 45.8. The van der Waals surface area contributed by atoms with Gasteiger partial charge >= 0.3 is 6.18 Å². The molecule has 1 aromatic carbocycles. The van der Waals surface area contributed by atoms with E-state index in [0.717, 1.165) is 15.8 Å². The maximum absolute atomic E-state index is 14.0. The first-order valence-electron chi connectivity index (χ1n) is 13.1. The van der Waals surface area contributed by atoms with Crippen LogP contribution < -0.4 is 9.64 Å². The van der Waals surface area contributed by atoms with Crippen molar-refractivity contribution in [3.8, 4) is 5.88 Å². The molecule has 0 unspecified atom stereocenters. The van der Waals surface area contributed by atoms with Crippen molar-refractivity contribution in [2.75, 3.05) is 38.2 Å². The lowest BCUT2D eigenvalue weighted by molar-refractivity contribution is -0.182. The smallest absolute Gasteiger partial charge is 0.408 e. The van der Waals surface area contributed by atoms with Gasteiger partial charge in [0.15, 0.2) is 0 Å². The van der Waals surface area contributed by atoms with Crippen LogP contribution >= 0.6 is 0 Å². The average Bonchev–Trinajstić information content (AvgIpc) is 3.68. The maximum atomic E-state index is 14.0. The van der Waals surface area contributed by atoms with Crippen molar-refractivity contribution in [2.24, 2.45) is 0 Å². The number of amides is 3. The number of halogens is 3. The van der Waals surface area contributed by atoms with Crippen LogP contribution in [0, 0.1) is 0 Å². The van der Waals surface area contributed by atoms with E-state index in [9.17, 15) is 27.6 Å². The van der Waals surface area contributed by atoms with Crippen LogP contribution in [0.25, 0.3) is 10.9 Å². The predicted octanol–water partition coefficient (Wildman–Crippen LogP) is 3.04. The molecule has 0 saturated carbocycles. The fourth-order valence-corrected chi connectivity index (χ4v) is 6.18. The summed E-state index contributed by atoms with van der Waals surface area (Å²) in [6, 6.07) is 6.58. The number of alkyl halides is 3. The molecule has 2 fully saturated rings. The maximum Gasteiger partial charge on any atom is 0.408 e. The van der Waals surface area contributed by atoms with Crippen LogP contribution in [0.15, 0.2) is 36.5 Å². The zero-order valence-corrected chi connectivity index (χ0v) is 21.7. The lowest BCUT2D eigenvalue weighted by Gasteiger charge is -2.38. The Morgan fingerprint density at radius 2 is 1.93 bits per heavy atom. The molecule has 40 heavy (non-hydrogen) atoms. The first kappa shape index (κ1) is 26.1. The summed E-state index contributed by atoms with van der Waals surface area (Å²) in [6.07, 6.45) is -2.30. The molecule has 1 atom stereocenters. The third-order valence-electron chi connectivity index (χ3n) is 8.29. The number of anilines is 1. The summed E-state index contributed by atoms with van der Waals surface area (Å²) in [5, 5.41) is 7.64. The molecule has 5 heterocycles. The number of methoxy groups -OCH3 is 1. The number of fused-ring (bicyclic) bond motifs is 3.